The predicted octanol–water partition coefficient (Wildman–Crippen LogP) is 1.37. The van der Waals surface area contributed by atoms with Gasteiger partial charge in [-0.05, 0) is 37.0 Å². The lowest BCUT2D eigenvalue weighted by Gasteiger charge is -2.22. The Bertz CT molecular complexity index is 574. The maximum absolute atomic E-state index is 12.2. The molecule has 1 saturated heterocycles. The summed E-state index contributed by atoms with van der Waals surface area (Å²) in [5.74, 6) is 1.25. The van der Waals surface area contributed by atoms with Crippen molar-refractivity contribution in [3.05, 3.63) is 23.8 Å². The first kappa shape index (κ1) is 17.1. The lowest BCUT2D eigenvalue weighted by atomic mass is 10.1. The minimum atomic E-state index is -0.321. The number of methoxy groups -OCH3 is 2. The van der Waals surface area contributed by atoms with Crippen LogP contribution in [0.1, 0.15) is 25.3 Å². The summed E-state index contributed by atoms with van der Waals surface area (Å²) in [6.07, 6.45) is 2.31. The van der Waals surface area contributed by atoms with Crippen LogP contribution >= 0.6 is 0 Å². The molecule has 6 nitrogen and oxygen atoms in total. The SMILES string of the molecule is COc1ccc(CCNC(=O)C2CCCN2C(C)=O)cc1OC. The summed E-state index contributed by atoms with van der Waals surface area (Å²) in [4.78, 5) is 25.4. The molecular formula is C17H24N2O4. The number of hydrogen-bond donors (Lipinski definition) is 1. The van der Waals surface area contributed by atoms with Gasteiger partial charge in [-0.1, -0.05) is 6.07 Å². The summed E-state index contributed by atoms with van der Waals surface area (Å²) in [5.41, 5.74) is 1.05. The third-order valence-corrected chi connectivity index (χ3v) is 4.12. The molecule has 126 valence electrons. The molecule has 2 amide bonds. The zero-order valence-corrected chi connectivity index (χ0v) is 13.9. The standard InChI is InChI=1S/C17H24N2O4/c1-12(20)19-10-4-5-14(19)17(21)18-9-8-13-6-7-15(22-2)16(11-13)23-3/h6-7,11,14H,4-5,8-10H2,1-3H3,(H,18,21). The van der Waals surface area contributed by atoms with E-state index in [2.05, 4.69) is 5.32 Å². The quantitative estimate of drug-likeness (QED) is 0.860. The van der Waals surface area contributed by atoms with Gasteiger partial charge in [-0.25, -0.2) is 0 Å². The Hall–Kier alpha value is -2.24. The molecule has 1 atom stereocenters. The molecule has 1 aliphatic heterocycles. The second kappa shape index (κ2) is 7.85. The third kappa shape index (κ3) is 4.15. The fourth-order valence-corrected chi connectivity index (χ4v) is 2.90. The van der Waals surface area contributed by atoms with Gasteiger partial charge in [0.05, 0.1) is 14.2 Å². The number of amides is 2. The van der Waals surface area contributed by atoms with Crippen LogP contribution in [-0.4, -0.2) is 50.1 Å². The average molecular weight is 320 g/mol. The Morgan fingerprint density at radius 1 is 1.26 bits per heavy atom. The summed E-state index contributed by atoms with van der Waals surface area (Å²) in [6.45, 7) is 2.70. The largest absolute Gasteiger partial charge is 0.493 e. The predicted molar refractivity (Wildman–Crippen MR) is 86.7 cm³/mol. The molecule has 0 aliphatic carbocycles. The highest BCUT2D eigenvalue weighted by molar-refractivity contribution is 5.87. The van der Waals surface area contributed by atoms with Crippen LogP contribution in [0.15, 0.2) is 18.2 Å². The first-order valence-electron chi connectivity index (χ1n) is 7.82. The van der Waals surface area contributed by atoms with E-state index in [0.29, 0.717) is 31.0 Å². The number of nitrogens with zero attached hydrogens (tertiary/aromatic N) is 1. The Morgan fingerprint density at radius 2 is 2.00 bits per heavy atom. The molecule has 0 spiro atoms. The van der Waals surface area contributed by atoms with Crippen molar-refractivity contribution in [1.82, 2.24) is 10.2 Å². The molecular weight excluding hydrogens is 296 g/mol. The van der Waals surface area contributed by atoms with Gasteiger partial charge < -0.3 is 19.7 Å². The summed E-state index contributed by atoms with van der Waals surface area (Å²) >= 11 is 0. The van der Waals surface area contributed by atoms with E-state index in [0.717, 1.165) is 18.4 Å². The van der Waals surface area contributed by atoms with E-state index in [9.17, 15) is 9.59 Å². The summed E-state index contributed by atoms with van der Waals surface area (Å²) in [6, 6.07) is 5.38. The monoisotopic (exact) mass is 320 g/mol. The van der Waals surface area contributed by atoms with Crippen molar-refractivity contribution in [1.29, 1.82) is 0 Å². The molecule has 23 heavy (non-hydrogen) atoms. The van der Waals surface area contributed by atoms with Gasteiger partial charge in [0.15, 0.2) is 11.5 Å². The van der Waals surface area contributed by atoms with E-state index in [1.54, 1.807) is 19.1 Å². The number of carbonyl (C=O) groups is 2. The molecule has 0 bridgehead atoms. The van der Waals surface area contributed by atoms with Crippen molar-refractivity contribution in [2.75, 3.05) is 27.3 Å². The molecule has 2 rings (SSSR count). The smallest absolute Gasteiger partial charge is 0.242 e. The van der Waals surface area contributed by atoms with Gasteiger partial charge in [0.25, 0.3) is 0 Å². The summed E-state index contributed by atoms with van der Waals surface area (Å²) < 4.78 is 10.5. The minimum absolute atomic E-state index is 0.0393. The van der Waals surface area contributed by atoms with Crippen LogP contribution in [0, 0.1) is 0 Å². The lowest BCUT2D eigenvalue weighted by molar-refractivity contribution is -0.136. The van der Waals surface area contributed by atoms with E-state index < -0.39 is 0 Å². The zero-order valence-electron chi connectivity index (χ0n) is 13.9. The average Bonchev–Trinajstić information content (AvgIpc) is 3.04. The molecule has 0 saturated carbocycles. The Morgan fingerprint density at radius 3 is 2.65 bits per heavy atom. The van der Waals surface area contributed by atoms with E-state index in [-0.39, 0.29) is 17.9 Å². The fraction of sp³-hybridized carbons (Fsp3) is 0.529. The van der Waals surface area contributed by atoms with Crippen LogP contribution in [0.4, 0.5) is 0 Å². The van der Waals surface area contributed by atoms with Gasteiger partial charge in [0, 0.05) is 20.0 Å². The molecule has 0 aromatic heterocycles. The van der Waals surface area contributed by atoms with Crippen molar-refractivity contribution in [2.45, 2.75) is 32.2 Å². The second-order valence-corrected chi connectivity index (χ2v) is 5.60. The highest BCUT2D eigenvalue weighted by Crippen LogP contribution is 2.27. The molecule has 1 unspecified atom stereocenters. The van der Waals surface area contributed by atoms with E-state index in [1.807, 2.05) is 18.2 Å². The highest BCUT2D eigenvalue weighted by atomic mass is 16.5. The van der Waals surface area contributed by atoms with Crippen molar-refractivity contribution >= 4 is 11.8 Å². The number of benzene rings is 1. The van der Waals surface area contributed by atoms with Gasteiger partial charge in [-0.15, -0.1) is 0 Å². The van der Waals surface area contributed by atoms with E-state index in [1.165, 1.54) is 6.92 Å². The lowest BCUT2D eigenvalue weighted by Crippen LogP contribution is -2.45. The van der Waals surface area contributed by atoms with Crippen molar-refractivity contribution in [2.24, 2.45) is 0 Å². The Balaban J connectivity index is 1.87. The van der Waals surface area contributed by atoms with Gasteiger partial charge in [-0.3, -0.25) is 9.59 Å². The second-order valence-electron chi connectivity index (χ2n) is 5.60. The molecule has 0 radical (unpaired) electrons. The first-order chi connectivity index (χ1) is 11.1. The zero-order chi connectivity index (χ0) is 16.8. The molecule has 1 aromatic carbocycles. The maximum atomic E-state index is 12.2. The van der Waals surface area contributed by atoms with Crippen molar-refractivity contribution < 1.29 is 19.1 Å². The molecule has 6 heteroatoms. The number of carbonyl (C=O) groups excluding carboxylic acids is 2. The Labute approximate surface area is 136 Å². The van der Waals surface area contributed by atoms with Crippen molar-refractivity contribution in [3.63, 3.8) is 0 Å². The van der Waals surface area contributed by atoms with Crippen molar-refractivity contribution in [3.8, 4) is 11.5 Å². The number of rotatable bonds is 6. The maximum Gasteiger partial charge on any atom is 0.242 e. The number of hydrogen-bond acceptors (Lipinski definition) is 4. The molecule has 1 aromatic rings. The van der Waals surface area contributed by atoms with Gasteiger partial charge >= 0.3 is 0 Å². The van der Waals surface area contributed by atoms with E-state index in [4.69, 9.17) is 9.47 Å². The van der Waals surface area contributed by atoms with Crippen LogP contribution in [0.5, 0.6) is 11.5 Å². The van der Waals surface area contributed by atoms with E-state index >= 15 is 0 Å². The van der Waals surface area contributed by atoms with Crippen LogP contribution in [0.3, 0.4) is 0 Å². The number of nitrogens with one attached hydrogen (secondary N) is 1. The molecule has 1 heterocycles. The number of likely N-dealkylation sites (tertiary alicyclic amines) is 1. The highest BCUT2D eigenvalue weighted by Gasteiger charge is 2.31. The first-order valence-corrected chi connectivity index (χ1v) is 7.82. The number of ether oxygens (including phenoxy) is 2. The van der Waals surface area contributed by atoms with Gasteiger partial charge in [-0.2, -0.15) is 0 Å². The van der Waals surface area contributed by atoms with Crippen LogP contribution in [0.25, 0.3) is 0 Å². The molecule has 1 fully saturated rings. The molecule has 1 aliphatic rings. The summed E-state index contributed by atoms with van der Waals surface area (Å²) in [7, 11) is 3.19. The topological polar surface area (TPSA) is 67.9 Å². The van der Waals surface area contributed by atoms with Gasteiger partial charge in [0.2, 0.25) is 11.8 Å². The fourth-order valence-electron chi connectivity index (χ4n) is 2.90. The van der Waals surface area contributed by atoms with Crippen LogP contribution in [-0.2, 0) is 16.0 Å². The third-order valence-electron chi connectivity index (χ3n) is 4.12. The van der Waals surface area contributed by atoms with Crippen LogP contribution < -0.4 is 14.8 Å². The molecule has 1 N–H and O–H groups in total. The normalized spacial score (nSPS) is 17.0. The Kier molecular flexibility index (Phi) is 5.84. The van der Waals surface area contributed by atoms with Crippen LogP contribution in [0.2, 0.25) is 0 Å². The minimum Gasteiger partial charge on any atom is -0.493 e. The summed E-state index contributed by atoms with van der Waals surface area (Å²) in [5, 5.41) is 2.92. The van der Waals surface area contributed by atoms with Gasteiger partial charge in [0.1, 0.15) is 6.04 Å².